The molecule has 1 heterocycles. The van der Waals surface area contributed by atoms with Gasteiger partial charge in [0, 0.05) is 11.1 Å². The first kappa shape index (κ1) is 13.0. The van der Waals surface area contributed by atoms with Crippen LogP contribution in [0.3, 0.4) is 0 Å². The molecule has 2 heteroatoms. The van der Waals surface area contributed by atoms with Gasteiger partial charge in [-0.2, -0.15) is 0 Å². The van der Waals surface area contributed by atoms with E-state index < -0.39 is 0 Å². The molecule has 0 amide bonds. The third-order valence-electron chi connectivity index (χ3n) is 3.16. The van der Waals surface area contributed by atoms with Gasteiger partial charge in [0.05, 0.1) is 11.6 Å². The molecule has 1 aromatic carbocycles. The first-order valence-corrected chi connectivity index (χ1v) is 6.49. The second-order valence-electron chi connectivity index (χ2n) is 5.89. The highest BCUT2D eigenvalue weighted by Gasteiger charge is 2.21. The summed E-state index contributed by atoms with van der Waals surface area (Å²) in [5.41, 5.74) is 2.21. The van der Waals surface area contributed by atoms with E-state index in [9.17, 15) is 5.11 Å². The molecule has 2 rings (SSSR count). The molecule has 18 heavy (non-hydrogen) atoms. The molecule has 0 spiro atoms. The highest BCUT2D eigenvalue weighted by Crippen LogP contribution is 2.27. The Kier molecular flexibility index (Phi) is 3.67. The fourth-order valence-corrected chi connectivity index (χ4v) is 2.57. The van der Waals surface area contributed by atoms with Crippen LogP contribution in [0.2, 0.25) is 0 Å². The molecular weight excluding hydrogens is 222 g/mol. The average Bonchev–Trinajstić information content (AvgIpc) is 2.26. The van der Waals surface area contributed by atoms with E-state index >= 15 is 0 Å². The molecule has 2 nitrogen and oxygen atoms in total. The van der Waals surface area contributed by atoms with Crippen molar-refractivity contribution in [2.45, 2.75) is 39.7 Å². The Morgan fingerprint density at radius 1 is 1.17 bits per heavy atom. The second-order valence-corrected chi connectivity index (χ2v) is 5.89. The monoisotopic (exact) mass is 243 g/mol. The number of aromatic nitrogens is 1. The number of aliphatic hydroxyl groups is 1. The highest BCUT2D eigenvalue weighted by atomic mass is 16.3. The summed E-state index contributed by atoms with van der Waals surface area (Å²) in [5, 5.41) is 10.7. The van der Waals surface area contributed by atoms with Crippen LogP contribution in [0, 0.1) is 5.41 Å². The summed E-state index contributed by atoms with van der Waals surface area (Å²) in [4.78, 5) is 4.69. The van der Waals surface area contributed by atoms with Gasteiger partial charge in [-0.25, -0.2) is 0 Å². The van der Waals surface area contributed by atoms with Crippen molar-refractivity contribution < 1.29 is 5.11 Å². The van der Waals surface area contributed by atoms with Crippen LogP contribution in [-0.4, -0.2) is 16.2 Å². The number of rotatable bonds is 4. The van der Waals surface area contributed by atoms with Gasteiger partial charge in [0.1, 0.15) is 0 Å². The molecule has 96 valence electrons. The van der Waals surface area contributed by atoms with E-state index in [1.54, 1.807) is 0 Å². The van der Waals surface area contributed by atoms with Crippen LogP contribution < -0.4 is 0 Å². The lowest BCUT2D eigenvalue weighted by Crippen LogP contribution is -2.21. The van der Waals surface area contributed by atoms with Crippen molar-refractivity contribution in [1.82, 2.24) is 4.98 Å². The maximum Gasteiger partial charge on any atom is 0.0705 e. The van der Waals surface area contributed by atoms with Gasteiger partial charge in [-0.15, -0.1) is 0 Å². The third kappa shape index (κ3) is 3.30. The fraction of sp³-hybridized carbons (Fsp3) is 0.438. The van der Waals surface area contributed by atoms with Crippen molar-refractivity contribution in [3.05, 3.63) is 42.1 Å². The second kappa shape index (κ2) is 5.07. The van der Waals surface area contributed by atoms with Gasteiger partial charge in [-0.3, -0.25) is 4.98 Å². The van der Waals surface area contributed by atoms with Crippen LogP contribution in [-0.2, 0) is 6.42 Å². The standard InChI is InChI=1S/C16H21NO/c1-12(18)10-16(2,3)11-14-9-8-13-6-4-5-7-15(13)17-14/h4-9,12,18H,10-11H2,1-3H3. The Morgan fingerprint density at radius 2 is 1.89 bits per heavy atom. The molecule has 0 radical (unpaired) electrons. The Bertz CT molecular complexity index is 531. The Morgan fingerprint density at radius 3 is 2.61 bits per heavy atom. The van der Waals surface area contributed by atoms with E-state index in [2.05, 4.69) is 37.0 Å². The number of pyridine rings is 1. The number of hydrogen-bond acceptors (Lipinski definition) is 2. The topological polar surface area (TPSA) is 33.1 Å². The summed E-state index contributed by atoms with van der Waals surface area (Å²) >= 11 is 0. The van der Waals surface area contributed by atoms with Crippen LogP contribution >= 0.6 is 0 Å². The maximum absolute atomic E-state index is 9.52. The zero-order valence-electron chi connectivity index (χ0n) is 11.4. The first-order chi connectivity index (χ1) is 8.46. The van der Waals surface area contributed by atoms with Crippen molar-refractivity contribution in [1.29, 1.82) is 0 Å². The third-order valence-corrected chi connectivity index (χ3v) is 3.16. The van der Waals surface area contributed by atoms with Crippen LogP contribution in [0.1, 0.15) is 32.9 Å². The minimum Gasteiger partial charge on any atom is -0.393 e. The Hall–Kier alpha value is -1.41. The highest BCUT2D eigenvalue weighted by molar-refractivity contribution is 5.78. The molecular formula is C16H21NO. The van der Waals surface area contributed by atoms with E-state index in [0.29, 0.717) is 0 Å². The number of para-hydroxylation sites is 1. The number of benzene rings is 1. The Labute approximate surface area is 109 Å². The van der Waals surface area contributed by atoms with Crippen molar-refractivity contribution in [3.8, 4) is 0 Å². The number of nitrogens with zero attached hydrogens (tertiary/aromatic N) is 1. The number of aliphatic hydroxyl groups excluding tert-OH is 1. The summed E-state index contributed by atoms with van der Waals surface area (Å²) < 4.78 is 0. The normalized spacial score (nSPS) is 13.8. The van der Waals surface area contributed by atoms with Gasteiger partial charge in [0.15, 0.2) is 0 Å². The summed E-state index contributed by atoms with van der Waals surface area (Å²) in [5.74, 6) is 0. The maximum atomic E-state index is 9.52. The van der Waals surface area contributed by atoms with Crippen LogP contribution in [0.4, 0.5) is 0 Å². The average molecular weight is 243 g/mol. The zero-order valence-corrected chi connectivity index (χ0v) is 11.4. The predicted octanol–water partition coefficient (Wildman–Crippen LogP) is 3.57. The molecule has 1 atom stereocenters. The van der Waals surface area contributed by atoms with Crippen molar-refractivity contribution in [2.24, 2.45) is 5.41 Å². The van der Waals surface area contributed by atoms with Gasteiger partial charge in [-0.1, -0.05) is 38.1 Å². The largest absolute Gasteiger partial charge is 0.393 e. The number of hydrogen-bond donors (Lipinski definition) is 1. The lowest BCUT2D eigenvalue weighted by Gasteiger charge is -2.25. The summed E-state index contributed by atoms with van der Waals surface area (Å²) in [6.45, 7) is 6.20. The van der Waals surface area contributed by atoms with Crippen molar-refractivity contribution in [3.63, 3.8) is 0 Å². The van der Waals surface area contributed by atoms with Crippen LogP contribution in [0.25, 0.3) is 10.9 Å². The van der Waals surface area contributed by atoms with E-state index in [0.717, 1.165) is 24.1 Å². The number of fused-ring (bicyclic) bond motifs is 1. The smallest absolute Gasteiger partial charge is 0.0705 e. The molecule has 0 aliphatic rings. The molecule has 0 fully saturated rings. The fourth-order valence-electron chi connectivity index (χ4n) is 2.57. The predicted molar refractivity (Wildman–Crippen MR) is 75.5 cm³/mol. The van der Waals surface area contributed by atoms with Crippen molar-refractivity contribution in [2.75, 3.05) is 0 Å². The first-order valence-electron chi connectivity index (χ1n) is 6.49. The lowest BCUT2D eigenvalue weighted by molar-refractivity contribution is 0.129. The molecule has 0 bridgehead atoms. The molecule has 0 saturated heterocycles. The molecule has 0 aliphatic heterocycles. The van der Waals surface area contributed by atoms with Crippen LogP contribution in [0.15, 0.2) is 36.4 Å². The quantitative estimate of drug-likeness (QED) is 0.890. The minimum absolute atomic E-state index is 0.0730. The zero-order chi connectivity index (χ0) is 13.2. The van der Waals surface area contributed by atoms with E-state index in [4.69, 9.17) is 0 Å². The SMILES string of the molecule is CC(O)CC(C)(C)Cc1ccc2ccccc2n1. The van der Waals surface area contributed by atoms with Gasteiger partial charge in [0.25, 0.3) is 0 Å². The van der Waals surface area contributed by atoms with E-state index in [1.807, 2.05) is 25.1 Å². The lowest BCUT2D eigenvalue weighted by atomic mass is 9.82. The molecule has 1 aromatic heterocycles. The molecule has 0 saturated carbocycles. The summed E-state index contributed by atoms with van der Waals surface area (Å²) in [7, 11) is 0. The van der Waals surface area contributed by atoms with E-state index in [-0.39, 0.29) is 11.5 Å². The molecule has 1 N–H and O–H groups in total. The summed E-state index contributed by atoms with van der Waals surface area (Å²) in [6.07, 6.45) is 1.42. The minimum atomic E-state index is -0.263. The van der Waals surface area contributed by atoms with Gasteiger partial charge >= 0.3 is 0 Å². The molecule has 1 unspecified atom stereocenters. The van der Waals surface area contributed by atoms with Gasteiger partial charge < -0.3 is 5.11 Å². The van der Waals surface area contributed by atoms with Gasteiger partial charge in [-0.05, 0) is 37.3 Å². The van der Waals surface area contributed by atoms with Gasteiger partial charge in [0.2, 0.25) is 0 Å². The van der Waals surface area contributed by atoms with E-state index in [1.165, 1.54) is 5.39 Å². The van der Waals surface area contributed by atoms with Crippen molar-refractivity contribution >= 4 is 10.9 Å². The summed E-state index contributed by atoms with van der Waals surface area (Å²) in [6, 6.07) is 12.4. The van der Waals surface area contributed by atoms with Crippen LogP contribution in [0.5, 0.6) is 0 Å². The molecule has 0 aliphatic carbocycles. The Balaban J connectivity index is 2.21. The molecule has 2 aromatic rings.